The van der Waals surface area contributed by atoms with Gasteiger partial charge in [-0.3, -0.25) is 4.90 Å². The number of anilines is 1. The van der Waals surface area contributed by atoms with Crippen LogP contribution in [0.1, 0.15) is 33.9 Å². The summed E-state index contributed by atoms with van der Waals surface area (Å²) in [5.74, 6) is 0.309. The van der Waals surface area contributed by atoms with E-state index >= 15 is 0 Å². The highest BCUT2D eigenvalue weighted by Gasteiger charge is 2.29. The molecule has 3 aromatic carbocycles. The first kappa shape index (κ1) is 22.7. The van der Waals surface area contributed by atoms with Crippen LogP contribution in [0.5, 0.6) is 5.88 Å². The molecular weight excluding hydrogens is 472 g/mol. The third kappa shape index (κ3) is 4.23. The normalized spacial score (nSPS) is 19.9. The minimum atomic E-state index is -3.90. The number of rotatable bonds is 1. The number of ether oxygens (including phenoxy) is 1. The van der Waals surface area contributed by atoms with Crippen LogP contribution in [0.4, 0.5) is 5.95 Å². The monoisotopic (exact) mass is 498 g/mol. The number of fused-ring (bicyclic) bond motifs is 8. The van der Waals surface area contributed by atoms with E-state index in [-0.39, 0.29) is 16.9 Å². The fraction of sp³-hybridized carbons (Fsp3) is 0.214. The molecular formula is C28H26N4O3S. The Morgan fingerprint density at radius 3 is 2.53 bits per heavy atom. The maximum Gasteiger partial charge on any atom is 0.264 e. The molecule has 182 valence electrons. The number of nitrogens with zero attached hydrogens (tertiary/aromatic N) is 3. The van der Waals surface area contributed by atoms with Crippen molar-refractivity contribution in [2.45, 2.75) is 37.9 Å². The summed E-state index contributed by atoms with van der Waals surface area (Å²) in [4.78, 5) is 11.6. The highest BCUT2D eigenvalue weighted by molar-refractivity contribution is 7.92. The molecule has 0 amide bonds. The average molecular weight is 499 g/mol. The molecule has 7 nitrogen and oxygen atoms in total. The van der Waals surface area contributed by atoms with Gasteiger partial charge in [0, 0.05) is 31.3 Å². The molecule has 2 atom stereocenters. The predicted octanol–water partition coefficient (Wildman–Crippen LogP) is 5.01. The second-order valence-corrected chi connectivity index (χ2v) is 11.1. The highest BCUT2D eigenvalue weighted by Crippen LogP contribution is 2.34. The number of hydrogen-bond donors (Lipinski definition) is 1. The van der Waals surface area contributed by atoms with E-state index in [2.05, 4.69) is 31.7 Å². The van der Waals surface area contributed by atoms with Crippen molar-refractivity contribution in [2.75, 3.05) is 11.3 Å². The first-order valence-corrected chi connectivity index (χ1v) is 13.4. The molecule has 0 fully saturated rings. The first-order valence-electron chi connectivity index (χ1n) is 11.9. The molecule has 3 heterocycles. The van der Waals surface area contributed by atoms with Gasteiger partial charge in [0.2, 0.25) is 11.8 Å². The average Bonchev–Trinajstić information content (AvgIpc) is 2.83. The van der Waals surface area contributed by atoms with E-state index < -0.39 is 10.0 Å². The van der Waals surface area contributed by atoms with Gasteiger partial charge in [-0.1, -0.05) is 54.6 Å². The topological polar surface area (TPSA) is 84.4 Å². The Morgan fingerprint density at radius 1 is 0.917 bits per heavy atom. The number of benzene rings is 3. The Hall–Kier alpha value is -3.75. The summed E-state index contributed by atoms with van der Waals surface area (Å²) in [6.07, 6.45) is -0.260. The summed E-state index contributed by atoms with van der Waals surface area (Å²) in [6.45, 7) is 6.04. The van der Waals surface area contributed by atoms with E-state index in [0.29, 0.717) is 24.7 Å². The zero-order valence-corrected chi connectivity index (χ0v) is 20.9. The third-order valence-electron chi connectivity index (χ3n) is 6.76. The summed E-state index contributed by atoms with van der Waals surface area (Å²) in [5, 5.41) is 0. The molecule has 2 aliphatic heterocycles. The standard InChI is InChI=1S/C28H26N4O3S/c1-18-7-5-8-19(2)27(18)24-14-26-30-28(29-24)31-36(33,34)22-11-6-9-20(13-22)15-32-16-21-10-3-4-12-23(21)25(17-32)35-26/h3-14,25H,15-17H2,1-2H3,(H,29,30,31). The van der Waals surface area contributed by atoms with Crippen LogP contribution in [0, 0.1) is 13.8 Å². The van der Waals surface area contributed by atoms with Crippen molar-refractivity contribution < 1.29 is 13.2 Å². The fourth-order valence-electron chi connectivity index (χ4n) is 5.12. The molecule has 1 aromatic heterocycles. The van der Waals surface area contributed by atoms with E-state index in [0.717, 1.165) is 34.4 Å². The quantitative estimate of drug-likeness (QED) is 0.397. The molecule has 8 heteroatoms. The lowest BCUT2D eigenvalue weighted by Crippen LogP contribution is -2.35. The molecule has 0 aliphatic carbocycles. The van der Waals surface area contributed by atoms with Gasteiger partial charge in [-0.2, -0.15) is 4.98 Å². The Bertz CT molecular complexity index is 1570. The van der Waals surface area contributed by atoms with Crippen LogP contribution in [0.3, 0.4) is 0 Å². The number of aryl methyl sites for hydroxylation is 2. The maximum atomic E-state index is 13.3. The molecule has 2 unspecified atom stereocenters. The highest BCUT2D eigenvalue weighted by atomic mass is 32.2. The van der Waals surface area contributed by atoms with Crippen LogP contribution in [0.2, 0.25) is 0 Å². The summed E-state index contributed by atoms with van der Waals surface area (Å²) >= 11 is 0. The fourth-order valence-corrected chi connectivity index (χ4v) is 6.14. The molecule has 0 radical (unpaired) electrons. The van der Waals surface area contributed by atoms with Crippen LogP contribution in [0.25, 0.3) is 11.3 Å². The van der Waals surface area contributed by atoms with Crippen molar-refractivity contribution in [3.05, 3.63) is 101 Å². The van der Waals surface area contributed by atoms with Gasteiger partial charge in [0.25, 0.3) is 10.0 Å². The predicted molar refractivity (Wildman–Crippen MR) is 138 cm³/mol. The zero-order chi connectivity index (χ0) is 24.9. The van der Waals surface area contributed by atoms with Crippen molar-refractivity contribution in [3.63, 3.8) is 0 Å². The third-order valence-corrected chi connectivity index (χ3v) is 8.09. The Balaban J connectivity index is 1.55. The van der Waals surface area contributed by atoms with Crippen LogP contribution in [-0.2, 0) is 23.1 Å². The van der Waals surface area contributed by atoms with Crippen LogP contribution in [0.15, 0.2) is 77.7 Å². The van der Waals surface area contributed by atoms with E-state index in [9.17, 15) is 8.42 Å². The van der Waals surface area contributed by atoms with Gasteiger partial charge in [0.1, 0.15) is 6.10 Å². The van der Waals surface area contributed by atoms with E-state index in [4.69, 9.17) is 4.74 Å². The summed E-state index contributed by atoms with van der Waals surface area (Å²) in [5.41, 5.74) is 6.84. The molecule has 6 bridgehead atoms. The first-order chi connectivity index (χ1) is 17.4. The van der Waals surface area contributed by atoms with Crippen molar-refractivity contribution >= 4 is 16.0 Å². The van der Waals surface area contributed by atoms with Gasteiger partial charge in [0.15, 0.2) is 0 Å². The Kier molecular flexibility index (Phi) is 5.50. The second-order valence-electron chi connectivity index (χ2n) is 9.41. The molecule has 0 saturated heterocycles. The van der Waals surface area contributed by atoms with Gasteiger partial charge >= 0.3 is 0 Å². The number of nitrogens with one attached hydrogen (secondary N) is 1. The van der Waals surface area contributed by atoms with Gasteiger partial charge in [-0.05, 0) is 53.8 Å². The Morgan fingerprint density at radius 2 is 1.69 bits per heavy atom. The SMILES string of the molecule is Cc1cccc(C)c1-c1cc2nc(n1)NS(=O)(=O)c1cccc(c1)CN1Cc3ccccc3C(C1)O2. The molecule has 2 aliphatic rings. The van der Waals surface area contributed by atoms with E-state index in [1.165, 1.54) is 5.56 Å². The minimum absolute atomic E-state index is 0.0178. The van der Waals surface area contributed by atoms with Crippen molar-refractivity contribution in [1.82, 2.24) is 14.9 Å². The minimum Gasteiger partial charge on any atom is -0.468 e. The van der Waals surface area contributed by atoms with Crippen molar-refractivity contribution in [1.29, 1.82) is 0 Å². The van der Waals surface area contributed by atoms with Gasteiger partial charge < -0.3 is 4.74 Å². The number of hydrogen-bond acceptors (Lipinski definition) is 6. The number of sulfonamides is 1. The van der Waals surface area contributed by atoms with Crippen LogP contribution in [-0.4, -0.2) is 29.8 Å². The van der Waals surface area contributed by atoms with Gasteiger partial charge in [-0.25, -0.2) is 18.1 Å². The van der Waals surface area contributed by atoms with E-state index in [1.807, 2.05) is 50.2 Å². The molecule has 0 spiro atoms. The maximum absolute atomic E-state index is 13.3. The zero-order valence-electron chi connectivity index (χ0n) is 20.1. The van der Waals surface area contributed by atoms with E-state index in [1.54, 1.807) is 24.3 Å². The Labute approximate surface area is 210 Å². The largest absolute Gasteiger partial charge is 0.468 e. The molecule has 36 heavy (non-hydrogen) atoms. The van der Waals surface area contributed by atoms with Gasteiger partial charge in [-0.15, -0.1) is 0 Å². The lowest BCUT2D eigenvalue weighted by molar-refractivity contribution is 0.103. The number of aromatic nitrogens is 2. The lowest BCUT2D eigenvalue weighted by Gasteiger charge is -2.34. The summed E-state index contributed by atoms with van der Waals surface area (Å²) < 4.78 is 35.7. The summed E-state index contributed by atoms with van der Waals surface area (Å²) in [7, 11) is -3.90. The van der Waals surface area contributed by atoms with Crippen LogP contribution < -0.4 is 9.46 Å². The lowest BCUT2D eigenvalue weighted by atomic mass is 9.96. The molecule has 4 aromatic rings. The smallest absolute Gasteiger partial charge is 0.264 e. The summed E-state index contributed by atoms with van der Waals surface area (Å²) in [6, 6.07) is 23.1. The molecule has 0 saturated carbocycles. The van der Waals surface area contributed by atoms with Crippen molar-refractivity contribution in [2.24, 2.45) is 0 Å². The van der Waals surface area contributed by atoms with Crippen molar-refractivity contribution in [3.8, 4) is 17.1 Å². The van der Waals surface area contributed by atoms with Gasteiger partial charge in [0.05, 0.1) is 10.6 Å². The molecule has 1 N–H and O–H groups in total. The molecule has 6 rings (SSSR count). The second kappa shape index (κ2) is 8.72. The van der Waals surface area contributed by atoms with Crippen LogP contribution >= 0.6 is 0 Å².